The van der Waals surface area contributed by atoms with Crippen LogP contribution in [0.25, 0.3) is 22.3 Å². The Morgan fingerprint density at radius 3 is 1.73 bits per heavy atom. The van der Waals surface area contributed by atoms with Gasteiger partial charge in [-0.05, 0) is 102 Å². The number of ether oxygens (including phenoxy) is 1. The standard InChI is InChI=1S/C54H60N6O3/c61-52(35-44-13-5-6-14-45(44)38-57-29-31-63-32-30-57)59-27-9-15-50(59)48-33-46(36-55-48)41-21-17-39(18-22-41)40-19-23-42(24-20-40)47-34-49(56-37-47)51-16-10-28-60(51)54(62)53(43-11-3-1-4-12-43)58-25-7-2-8-26-58/h1,3-6,11-14,17-24,36-37,50-51,53H,2,7-10,15-16,25-35,38H2/t50-,51-,53+/m0/s1. The van der Waals surface area contributed by atoms with Gasteiger partial charge in [-0.3, -0.25) is 29.4 Å². The van der Waals surface area contributed by atoms with Crippen LogP contribution in [0.1, 0.15) is 91.6 Å². The van der Waals surface area contributed by atoms with Gasteiger partial charge in [0, 0.05) is 69.4 Å². The Labute approximate surface area is 372 Å². The number of piperidine rings is 1. The number of benzene rings is 4. The van der Waals surface area contributed by atoms with Gasteiger partial charge in [-0.1, -0.05) is 110 Å². The first kappa shape index (κ1) is 41.5. The van der Waals surface area contributed by atoms with Crippen molar-refractivity contribution >= 4 is 34.4 Å². The Bertz CT molecular complexity index is 2390. The molecule has 0 aromatic heterocycles. The van der Waals surface area contributed by atoms with Gasteiger partial charge in [0.15, 0.2) is 0 Å². The van der Waals surface area contributed by atoms with Crippen molar-refractivity contribution in [3.8, 4) is 11.1 Å². The van der Waals surface area contributed by atoms with Crippen molar-refractivity contribution in [3.05, 3.63) is 143 Å². The molecule has 0 aliphatic carbocycles. The van der Waals surface area contributed by atoms with E-state index in [4.69, 9.17) is 14.7 Å². The Morgan fingerprint density at radius 1 is 0.571 bits per heavy atom. The average Bonchev–Trinajstić information content (AvgIpc) is 4.19. The molecule has 4 aromatic carbocycles. The van der Waals surface area contributed by atoms with Crippen molar-refractivity contribution in [1.82, 2.24) is 19.6 Å². The third-order valence-electron chi connectivity index (χ3n) is 14.3. The molecule has 0 saturated carbocycles. The van der Waals surface area contributed by atoms with Gasteiger partial charge in [0.2, 0.25) is 11.8 Å². The van der Waals surface area contributed by atoms with Gasteiger partial charge >= 0.3 is 0 Å². The minimum absolute atomic E-state index is 0.0511. The molecule has 2 amide bonds. The third-order valence-corrected chi connectivity index (χ3v) is 14.3. The molecule has 0 N–H and O–H groups in total. The highest BCUT2D eigenvalue weighted by Crippen LogP contribution is 2.36. The molecule has 324 valence electrons. The first-order valence-corrected chi connectivity index (χ1v) is 23.5. The van der Waals surface area contributed by atoms with Crippen molar-refractivity contribution in [1.29, 1.82) is 0 Å². The van der Waals surface area contributed by atoms with Crippen molar-refractivity contribution < 1.29 is 14.3 Å². The second-order valence-corrected chi connectivity index (χ2v) is 18.2. The minimum Gasteiger partial charge on any atom is -0.379 e. The van der Waals surface area contributed by atoms with E-state index in [1.807, 2.05) is 18.5 Å². The number of allylic oxidation sites excluding steroid dienone is 2. The van der Waals surface area contributed by atoms with E-state index in [0.29, 0.717) is 6.42 Å². The smallest absolute Gasteiger partial charge is 0.245 e. The van der Waals surface area contributed by atoms with Crippen LogP contribution in [0.3, 0.4) is 0 Å². The topological polar surface area (TPSA) is 81.0 Å². The lowest BCUT2D eigenvalue weighted by atomic mass is 9.94. The highest BCUT2D eigenvalue weighted by Gasteiger charge is 2.40. The Kier molecular flexibility index (Phi) is 12.6. The average molecular weight is 841 g/mol. The van der Waals surface area contributed by atoms with Crippen LogP contribution < -0.4 is 0 Å². The number of hydrogen-bond donors (Lipinski definition) is 0. The second-order valence-electron chi connectivity index (χ2n) is 18.2. The number of aliphatic imine (C=N–C) groups is 2. The van der Waals surface area contributed by atoms with Crippen LogP contribution in [-0.2, 0) is 27.3 Å². The maximum Gasteiger partial charge on any atom is 0.245 e. The lowest BCUT2D eigenvalue weighted by Crippen LogP contribution is -2.48. The van der Waals surface area contributed by atoms with Gasteiger partial charge in [-0.2, -0.15) is 0 Å². The van der Waals surface area contributed by atoms with E-state index in [1.165, 1.54) is 45.4 Å². The molecule has 63 heavy (non-hydrogen) atoms. The molecule has 9 nitrogen and oxygen atoms in total. The Balaban J connectivity index is 0.735. The normalized spacial score (nSPS) is 22.5. The summed E-state index contributed by atoms with van der Waals surface area (Å²) >= 11 is 0. The number of likely N-dealkylation sites (tertiary alicyclic amines) is 3. The van der Waals surface area contributed by atoms with Gasteiger partial charge in [-0.15, -0.1) is 0 Å². The maximum absolute atomic E-state index is 14.4. The summed E-state index contributed by atoms with van der Waals surface area (Å²) in [6.07, 6.45) is 13.5. The van der Waals surface area contributed by atoms with E-state index < -0.39 is 0 Å². The van der Waals surface area contributed by atoms with Crippen molar-refractivity contribution in [2.24, 2.45) is 9.98 Å². The zero-order valence-electron chi connectivity index (χ0n) is 36.5. The van der Waals surface area contributed by atoms with E-state index >= 15 is 0 Å². The fraction of sp³-hybridized carbons (Fsp3) is 0.407. The third kappa shape index (κ3) is 9.15. The first-order valence-electron chi connectivity index (χ1n) is 23.5. The van der Waals surface area contributed by atoms with Crippen molar-refractivity contribution in [2.75, 3.05) is 52.5 Å². The van der Waals surface area contributed by atoms with Crippen LogP contribution >= 0.6 is 0 Å². The van der Waals surface area contributed by atoms with E-state index in [-0.39, 0.29) is 29.9 Å². The van der Waals surface area contributed by atoms with E-state index in [0.717, 1.165) is 133 Å². The Hall–Kier alpha value is -5.48. The fourth-order valence-electron chi connectivity index (χ4n) is 10.8. The number of carbonyl (C=O) groups excluding carboxylic acids is 2. The summed E-state index contributed by atoms with van der Waals surface area (Å²) in [7, 11) is 0. The van der Waals surface area contributed by atoms with Crippen LogP contribution in [0.2, 0.25) is 0 Å². The molecular formula is C54H60N6O3. The number of rotatable bonds is 12. The number of nitrogens with zero attached hydrogens (tertiary/aromatic N) is 6. The quantitative estimate of drug-likeness (QED) is 0.142. The number of hydrogen-bond acceptors (Lipinski definition) is 7. The number of amides is 2. The van der Waals surface area contributed by atoms with Crippen LogP contribution in [0.4, 0.5) is 0 Å². The lowest BCUT2D eigenvalue weighted by molar-refractivity contribution is -0.137. The minimum atomic E-state index is -0.227. The molecule has 9 heteroatoms. The van der Waals surface area contributed by atoms with E-state index in [2.05, 4.69) is 117 Å². The van der Waals surface area contributed by atoms with Crippen LogP contribution in [0, 0.1) is 0 Å². The molecule has 6 heterocycles. The summed E-state index contributed by atoms with van der Waals surface area (Å²) in [5.74, 6) is 0.429. The van der Waals surface area contributed by atoms with Crippen LogP contribution in [-0.4, -0.2) is 107 Å². The lowest BCUT2D eigenvalue weighted by Gasteiger charge is -2.37. The summed E-state index contributed by atoms with van der Waals surface area (Å²) in [4.78, 5) is 47.2. The fourth-order valence-corrected chi connectivity index (χ4v) is 10.8. The highest BCUT2D eigenvalue weighted by molar-refractivity contribution is 6.04. The van der Waals surface area contributed by atoms with Gasteiger partial charge in [0.1, 0.15) is 6.04 Å². The van der Waals surface area contributed by atoms with Crippen LogP contribution in [0.5, 0.6) is 0 Å². The first-order chi connectivity index (χ1) is 31.1. The van der Waals surface area contributed by atoms with Crippen LogP contribution in [0.15, 0.2) is 126 Å². The number of carbonyl (C=O) groups is 2. The summed E-state index contributed by atoms with van der Waals surface area (Å²) in [5, 5.41) is 0. The number of morpholine rings is 1. The molecule has 10 rings (SSSR count). The van der Waals surface area contributed by atoms with E-state index in [1.54, 1.807) is 0 Å². The van der Waals surface area contributed by atoms with Gasteiger partial charge in [0.05, 0.1) is 31.7 Å². The largest absolute Gasteiger partial charge is 0.379 e. The molecule has 3 atom stereocenters. The molecule has 4 aromatic rings. The summed E-state index contributed by atoms with van der Waals surface area (Å²) < 4.78 is 5.55. The predicted octanol–water partition coefficient (Wildman–Crippen LogP) is 9.01. The molecule has 4 saturated heterocycles. The highest BCUT2D eigenvalue weighted by atomic mass is 16.5. The molecule has 0 spiro atoms. The molecule has 6 aliphatic rings. The monoisotopic (exact) mass is 840 g/mol. The summed E-state index contributed by atoms with van der Waals surface area (Å²) in [5.41, 5.74) is 12.8. The SMILES string of the molecule is O=C(Cc1ccccc1CN1CCOCC1)N1CCC[C@H]1C1=NC=C(c2ccc(-c3ccc(C4=CN=C([C@@H]5CCCN5C(=O)[C@@H](c5ccccc5)N5CCCCC5)C4)cc3)cc2)C1. The van der Waals surface area contributed by atoms with Gasteiger partial charge in [-0.25, -0.2) is 0 Å². The molecule has 4 fully saturated rings. The van der Waals surface area contributed by atoms with E-state index in [9.17, 15) is 9.59 Å². The summed E-state index contributed by atoms with van der Waals surface area (Å²) in [6, 6.07) is 36.4. The van der Waals surface area contributed by atoms with Crippen molar-refractivity contribution in [2.45, 2.75) is 88.9 Å². The van der Waals surface area contributed by atoms with Gasteiger partial charge in [0.25, 0.3) is 0 Å². The zero-order chi connectivity index (χ0) is 42.5. The molecule has 0 bridgehead atoms. The summed E-state index contributed by atoms with van der Waals surface area (Å²) in [6.45, 7) is 7.78. The second kappa shape index (κ2) is 19.1. The van der Waals surface area contributed by atoms with Crippen molar-refractivity contribution in [3.63, 3.8) is 0 Å². The zero-order valence-corrected chi connectivity index (χ0v) is 36.5. The van der Waals surface area contributed by atoms with Gasteiger partial charge < -0.3 is 14.5 Å². The molecule has 6 aliphatic heterocycles. The molecular weight excluding hydrogens is 781 g/mol. The maximum atomic E-state index is 14.4. The predicted molar refractivity (Wildman–Crippen MR) is 252 cm³/mol. The molecule has 0 radical (unpaired) electrons. The molecule has 0 unspecified atom stereocenters. The Morgan fingerprint density at radius 2 is 1.11 bits per heavy atom.